The van der Waals surface area contributed by atoms with E-state index in [-0.39, 0.29) is 17.7 Å². The minimum atomic E-state index is -0.471. The Morgan fingerprint density at radius 2 is 1.58 bits per heavy atom. The highest BCUT2D eigenvalue weighted by Crippen LogP contribution is 2.36. The van der Waals surface area contributed by atoms with Crippen LogP contribution in [0.2, 0.25) is 15.1 Å². The first-order valence-electron chi connectivity index (χ1n) is 9.96. The van der Waals surface area contributed by atoms with Crippen LogP contribution >= 0.6 is 34.8 Å². The second-order valence-corrected chi connectivity index (χ2v) is 8.61. The van der Waals surface area contributed by atoms with Gasteiger partial charge in [0.05, 0.1) is 16.8 Å². The Morgan fingerprint density at radius 1 is 0.909 bits per heavy atom. The van der Waals surface area contributed by atoms with Crippen molar-refractivity contribution in [1.29, 1.82) is 0 Å². The van der Waals surface area contributed by atoms with Gasteiger partial charge in [-0.1, -0.05) is 59.1 Å². The largest absolute Gasteiger partial charge is 0.343 e. The fourth-order valence-corrected chi connectivity index (χ4v) is 3.94. The summed E-state index contributed by atoms with van der Waals surface area (Å²) in [5.41, 5.74) is 3.33. The van der Waals surface area contributed by atoms with Gasteiger partial charge in [-0.2, -0.15) is 0 Å². The number of carbonyl (C=O) groups is 1. The van der Waals surface area contributed by atoms with Crippen LogP contribution in [-0.4, -0.2) is 15.9 Å². The molecule has 1 N–H and O–H groups in total. The van der Waals surface area contributed by atoms with Crippen molar-refractivity contribution in [3.05, 3.63) is 105 Å². The summed E-state index contributed by atoms with van der Waals surface area (Å²) in [6.45, 7) is 1.80. The second-order valence-electron chi connectivity index (χ2n) is 7.33. The molecule has 0 bridgehead atoms. The van der Waals surface area contributed by atoms with Gasteiger partial charge in [0, 0.05) is 27.4 Å². The molecule has 3 aromatic carbocycles. The average Bonchev–Trinajstić information content (AvgIpc) is 2.80. The maximum absolute atomic E-state index is 13.2. The van der Waals surface area contributed by atoms with Crippen molar-refractivity contribution in [2.24, 2.45) is 0 Å². The summed E-state index contributed by atoms with van der Waals surface area (Å²) in [4.78, 5) is 21.8. The van der Waals surface area contributed by atoms with Gasteiger partial charge in [0.2, 0.25) is 5.82 Å². The van der Waals surface area contributed by atoms with Crippen molar-refractivity contribution < 1.29 is 9.18 Å². The van der Waals surface area contributed by atoms with Gasteiger partial charge >= 0.3 is 0 Å². The van der Waals surface area contributed by atoms with Crippen LogP contribution < -0.4 is 5.32 Å². The molecule has 0 radical (unpaired) electrons. The summed E-state index contributed by atoms with van der Waals surface area (Å²) in [7, 11) is 0. The Morgan fingerprint density at radius 3 is 2.24 bits per heavy atom. The summed E-state index contributed by atoms with van der Waals surface area (Å²) >= 11 is 18.6. The molecule has 0 spiro atoms. The summed E-state index contributed by atoms with van der Waals surface area (Å²) in [5.74, 6) is -0.841. The molecule has 0 fully saturated rings. The maximum atomic E-state index is 13.2. The second kappa shape index (κ2) is 9.87. The minimum Gasteiger partial charge on any atom is -0.343 e. The Kier molecular flexibility index (Phi) is 6.94. The van der Waals surface area contributed by atoms with E-state index in [0.717, 1.165) is 11.1 Å². The molecule has 1 amide bonds. The zero-order valence-electron chi connectivity index (χ0n) is 17.3. The zero-order chi connectivity index (χ0) is 23.5. The fraction of sp³-hybridized carbons (Fsp3) is 0.0800. The minimum absolute atomic E-state index is 0.0253. The van der Waals surface area contributed by atoms with E-state index in [4.69, 9.17) is 34.8 Å². The molecule has 1 aromatic heterocycles. The van der Waals surface area contributed by atoms with Crippen LogP contribution in [0, 0.1) is 5.82 Å². The van der Waals surface area contributed by atoms with Crippen molar-refractivity contribution in [2.75, 3.05) is 0 Å². The molecule has 166 valence electrons. The van der Waals surface area contributed by atoms with E-state index >= 15 is 0 Å². The number of amides is 1. The molecule has 4 nitrogen and oxygen atoms in total. The SMILES string of the molecule is CC(NC(=O)c1ncc(-c2ccc(Cl)cc2)c(-c2ccc(Cl)cc2Cl)n1)c1ccc(F)cc1. The van der Waals surface area contributed by atoms with Gasteiger partial charge in [-0.15, -0.1) is 0 Å². The first-order chi connectivity index (χ1) is 15.8. The van der Waals surface area contributed by atoms with E-state index in [9.17, 15) is 9.18 Å². The molecule has 0 aliphatic heterocycles. The molecule has 0 saturated carbocycles. The summed E-state index contributed by atoms with van der Waals surface area (Å²) in [5, 5.41) is 4.31. The molecule has 0 saturated heterocycles. The maximum Gasteiger partial charge on any atom is 0.289 e. The van der Waals surface area contributed by atoms with E-state index in [0.29, 0.717) is 31.9 Å². The number of hydrogen-bond acceptors (Lipinski definition) is 3. The highest BCUT2D eigenvalue weighted by atomic mass is 35.5. The Hall–Kier alpha value is -2.99. The Labute approximate surface area is 205 Å². The van der Waals surface area contributed by atoms with Crippen molar-refractivity contribution in [3.8, 4) is 22.4 Å². The smallest absolute Gasteiger partial charge is 0.289 e. The normalized spacial score (nSPS) is 11.8. The van der Waals surface area contributed by atoms with Gasteiger partial charge in [-0.05, 0) is 60.5 Å². The molecule has 4 rings (SSSR count). The van der Waals surface area contributed by atoms with E-state index in [1.807, 2.05) is 12.1 Å². The van der Waals surface area contributed by atoms with Crippen LogP contribution in [0.25, 0.3) is 22.4 Å². The van der Waals surface area contributed by atoms with Crippen LogP contribution in [-0.2, 0) is 0 Å². The van der Waals surface area contributed by atoms with Crippen LogP contribution in [0.3, 0.4) is 0 Å². The van der Waals surface area contributed by atoms with Gasteiger partial charge in [-0.3, -0.25) is 4.79 Å². The van der Waals surface area contributed by atoms with E-state index in [2.05, 4.69) is 15.3 Å². The lowest BCUT2D eigenvalue weighted by atomic mass is 10.0. The third kappa shape index (κ3) is 5.33. The Bertz CT molecular complexity index is 1310. The quantitative estimate of drug-likeness (QED) is 0.310. The third-order valence-electron chi connectivity index (χ3n) is 5.05. The fourth-order valence-electron chi connectivity index (χ4n) is 3.31. The zero-order valence-corrected chi connectivity index (χ0v) is 19.6. The molecular weight excluding hydrogens is 484 g/mol. The third-order valence-corrected chi connectivity index (χ3v) is 5.85. The first kappa shape index (κ1) is 23.2. The van der Waals surface area contributed by atoms with Crippen molar-refractivity contribution in [2.45, 2.75) is 13.0 Å². The number of nitrogens with one attached hydrogen (secondary N) is 1. The van der Waals surface area contributed by atoms with Gasteiger partial charge in [-0.25, -0.2) is 14.4 Å². The number of nitrogens with zero attached hydrogens (tertiary/aromatic N) is 2. The molecule has 1 atom stereocenters. The number of benzene rings is 3. The first-order valence-corrected chi connectivity index (χ1v) is 11.1. The van der Waals surface area contributed by atoms with Gasteiger partial charge in [0.1, 0.15) is 5.82 Å². The molecule has 1 heterocycles. The lowest BCUT2D eigenvalue weighted by molar-refractivity contribution is 0.0929. The highest BCUT2D eigenvalue weighted by Gasteiger charge is 2.19. The van der Waals surface area contributed by atoms with Crippen LogP contribution in [0.15, 0.2) is 72.9 Å². The molecule has 0 aliphatic carbocycles. The number of rotatable bonds is 5. The standard InChI is InChI=1S/C25H17Cl3FN3O/c1-14(15-4-9-19(29)10-5-15)31-25(33)24-30-13-21(16-2-6-17(26)7-3-16)23(32-24)20-11-8-18(27)12-22(20)28/h2-14H,1H3,(H,31,33). The molecule has 0 aliphatic rings. The van der Waals surface area contributed by atoms with Gasteiger partial charge in [0.25, 0.3) is 5.91 Å². The van der Waals surface area contributed by atoms with Gasteiger partial charge in [0.15, 0.2) is 0 Å². The summed E-state index contributed by atoms with van der Waals surface area (Å²) < 4.78 is 13.2. The molecular formula is C25H17Cl3FN3O. The molecule has 8 heteroatoms. The van der Waals surface area contributed by atoms with Gasteiger partial charge < -0.3 is 5.32 Å². The summed E-state index contributed by atoms with van der Waals surface area (Å²) in [6, 6.07) is 17.8. The van der Waals surface area contributed by atoms with Crippen molar-refractivity contribution >= 4 is 40.7 Å². The number of halogens is 4. The number of carbonyl (C=O) groups excluding carboxylic acids is 1. The monoisotopic (exact) mass is 499 g/mol. The predicted octanol–water partition coefficient (Wildman–Crippen LogP) is 7.40. The summed E-state index contributed by atoms with van der Waals surface area (Å²) in [6.07, 6.45) is 1.58. The van der Waals surface area contributed by atoms with Crippen LogP contribution in [0.4, 0.5) is 4.39 Å². The predicted molar refractivity (Wildman–Crippen MR) is 130 cm³/mol. The van der Waals surface area contributed by atoms with Crippen LogP contribution in [0.1, 0.15) is 29.1 Å². The van der Waals surface area contributed by atoms with Crippen LogP contribution in [0.5, 0.6) is 0 Å². The van der Waals surface area contributed by atoms with E-state index in [1.165, 1.54) is 12.1 Å². The molecule has 1 unspecified atom stereocenters. The van der Waals surface area contributed by atoms with E-state index in [1.54, 1.807) is 55.6 Å². The number of hydrogen-bond donors (Lipinski definition) is 1. The lowest BCUT2D eigenvalue weighted by Gasteiger charge is -2.15. The van der Waals surface area contributed by atoms with Crippen molar-refractivity contribution in [3.63, 3.8) is 0 Å². The van der Waals surface area contributed by atoms with E-state index < -0.39 is 5.91 Å². The molecule has 33 heavy (non-hydrogen) atoms. The number of aromatic nitrogens is 2. The lowest BCUT2D eigenvalue weighted by Crippen LogP contribution is -2.28. The average molecular weight is 501 g/mol. The highest BCUT2D eigenvalue weighted by molar-refractivity contribution is 6.36. The Balaban J connectivity index is 1.73. The van der Waals surface area contributed by atoms with Crippen molar-refractivity contribution in [1.82, 2.24) is 15.3 Å². The molecule has 4 aromatic rings. The topological polar surface area (TPSA) is 54.9 Å².